The molecule has 1 aliphatic rings. The summed E-state index contributed by atoms with van der Waals surface area (Å²) in [6, 6.07) is 8.33. The van der Waals surface area contributed by atoms with Crippen LogP contribution in [0.2, 0.25) is 0 Å². The highest BCUT2D eigenvalue weighted by atomic mass is 79.9. The van der Waals surface area contributed by atoms with Crippen molar-refractivity contribution in [3.05, 3.63) is 46.2 Å². The summed E-state index contributed by atoms with van der Waals surface area (Å²) >= 11 is 3.45. The summed E-state index contributed by atoms with van der Waals surface area (Å²) in [4.78, 5) is 0. The average molecular weight is 277 g/mol. The Morgan fingerprint density at radius 3 is 2.62 bits per heavy atom. The van der Waals surface area contributed by atoms with Crippen LogP contribution in [0.4, 0.5) is 0 Å². The first-order valence-corrected chi connectivity index (χ1v) is 6.45. The number of aromatic nitrogens is 2. The zero-order chi connectivity index (χ0) is 11.0. The molecule has 3 heteroatoms. The molecule has 1 aromatic carbocycles. The molecule has 16 heavy (non-hydrogen) atoms. The monoisotopic (exact) mass is 276 g/mol. The lowest BCUT2D eigenvalue weighted by Crippen LogP contribution is -2.07. The number of fused-ring (bicyclic) bond motifs is 1. The van der Waals surface area contributed by atoms with E-state index in [0.29, 0.717) is 0 Å². The molecule has 1 aromatic heterocycles. The largest absolute Gasteiger partial charge is 0.238 e. The molecule has 2 nitrogen and oxygen atoms in total. The van der Waals surface area contributed by atoms with E-state index in [0.717, 1.165) is 16.6 Å². The first-order valence-electron chi connectivity index (χ1n) is 5.66. The number of aryl methyl sites for hydroxylation is 1. The Labute approximate surface area is 103 Å². The number of benzene rings is 1. The van der Waals surface area contributed by atoms with Gasteiger partial charge in [0.15, 0.2) is 0 Å². The summed E-state index contributed by atoms with van der Waals surface area (Å²) in [7, 11) is 0. The maximum Gasteiger partial charge on any atom is 0.0649 e. The van der Waals surface area contributed by atoms with Gasteiger partial charge in [0.1, 0.15) is 0 Å². The summed E-state index contributed by atoms with van der Waals surface area (Å²) in [5.41, 5.74) is 3.98. The minimum absolute atomic E-state index is 1.11. The highest BCUT2D eigenvalue weighted by Crippen LogP contribution is 2.24. The number of hydrogen-bond acceptors (Lipinski definition) is 1. The van der Waals surface area contributed by atoms with Gasteiger partial charge in [-0.05, 0) is 55.5 Å². The summed E-state index contributed by atoms with van der Waals surface area (Å²) in [6.45, 7) is 0. The van der Waals surface area contributed by atoms with Gasteiger partial charge in [-0.15, -0.1) is 0 Å². The van der Waals surface area contributed by atoms with Gasteiger partial charge >= 0.3 is 0 Å². The van der Waals surface area contributed by atoms with Crippen LogP contribution in [-0.4, -0.2) is 9.78 Å². The summed E-state index contributed by atoms with van der Waals surface area (Å²) in [6.07, 6.45) is 6.96. The van der Waals surface area contributed by atoms with Crippen LogP contribution in [0.1, 0.15) is 24.1 Å². The van der Waals surface area contributed by atoms with Crippen molar-refractivity contribution in [3.8, 4) is 5.69 Å². The first-order chi connectivity index (χ1) is 7.84. The number of rotatable bonds is 1. The number of nitrogens with zero attached hydrogens (tertiary/aromatic N) is 2. The first kappa shape index (κ1) is 10.1. The van der Waals surface area contributed by atoms with Gasteiger partial charge in [0.25, 0.3) is 0 Å². The maximum absolute atomic E-state index is 4.50. The quantitative estimate of drug-likeness (QED) is 0.780. The lowest BCUT2D eigenvalue weighted by atomic mass is 9.98. The van der Waals surface area contributed by atoms with Crippen LogP contribution in [0.5, 0.6) is 0 Å². The summed E-state index contributed by atoms with van der Waals surface area (Å²) in [5.74, 6) is 0. The fraction of sp³-hybridized carbons (Fsp3) is 0.308. The van der Waals surface area contributed by atoms with Crippen molar-refractivity contribution < 1.29 is 0 Å². The molecule has 0 bridgehead atoms. The predicted octanol–water partition coefficient (Wildman–Crippen LogP) is 3.51. The molecule has 0 fully saturated rings. The van der Waals surface area contributed by atoms with Crippen LogP contribution in [-0.2, 0) is 12.8 Å². The zero-order valence-corrected chi connectivity index (χ0v) is 10.6. The minimum atomic E-state index is 1.11. The second kappa shape index (κ2) is 4.06. The second-order valence-electron chi connectivity index (χ2n) is 4.21. The second-order valence-corrected chi connectivity index (χ2v) is 5.13. The molecule has 0 saturated carbocycles. The summed E-state index contributed by atoms with van der Waals surface area (Å²) in [5, 5.41) is 4.50. The standard InChI is InChI=1S/C13H13BrN2/c14-11-5-7-12(8-6-11)16-13-4-2-1-3-10(13)9-15-16/h5-9H,1-4H2. The van der Waals surface area contributed by atoms with Crippen LogP contribution in [0, 0.1) is 0 Å². The highest BCUT2D eigenvalue weighted by molar-refractivity contribution is 9.10. The van der Waals surface area contributed by atoms with Gasteiger partial charge in [-0.1, -0.05) is 15.9 Å². The Kier molecular flexibility index (Phi) is 2.56. The van der Waals surface area contributed by atoms with E-state index < -0.39 is 0 Å². The minimum Gasteiger partial charge on any atom is -0.238 e. The Bertz CT molecular complexity index is 499. The SMILES string of the molecule is Brc1ccc(-n2ncc3c2CCCC3)cc1. The molecular weight excluding hydrogens is 264 g/mol. The normalized spacial score (nSPS) is 14.8. The van der Waals surface area contributed by atoms with E-state index in [1.54, 1.807) is 0 Å². The molecule has 0 aliphatic heterocycles. The molecule has 3 rings (SSSR count). The van der Waals surface area contributed by atoms with Crippen LogP contribution in [0.15, 0.2) is 34.9 Å². The van der Waals surface area contributed by atoms with Crippen molar-refractivity contribution in [1.82, 2.24) is 9.78 Å². The van der Waals surface area contributed by atoms with E-state index in [9.17, 15) is 0 Å². The molecule has 0 spiro atoms. The van der Waals surface area contributed by atoms with Gasteiger partial charge in [-0.2, -0.15) is 5.10 Å². The van der Waals surface area contributed by atoms with Crippen LogP contribution >= 0.6 is 15.9 Å². The molecule has 0 N–H and O–H groups in total. The lowest BCUT2D eigenvalue weighted by molar-refractivity contribution is 0.653. The molecule has 0 unspecified atom stereocenters. The number of hydrogen-bond donors (Lipinski definition) is 0. The van der Waals surface area contributed by atoms with E-state index in [-0.39, 0.29) is 0 Å². The zero-order valence-electron chi connectivity index (χ0n) is 8.99. The molecular formula is C13H13BrN2. The highest BCUT2D eigenvalue weighted by Gasteiger charge is 2.15. The molecule has 1 aliphatic carbocycles. The van der Waals surface area contributed by atoms with E-state index in [4.69, 9.17) is 0 Å². The maximum atomic E-state index is 4.50. The van der Waals surface area contributed by atoms with Gasteiger partial charge < -0.3 is 0 Å². The van der Waals surface area contributed by atoms with Gasteiger partial charge in [-0.25, -0.2) is 4.68 Å². The molecule has 1 heterocycles. The molecule has 82 valence electrons. The third kappa shape index (κ3) is 1.69. The molecule has 0 amide bonds. The van der Waals surface area contributed by atoms with Gasteiger partial charge in [0.05, 0.1) is 11.9 Å². The molecule has 0 radical (unpaired) electrons. The Hall–Kier alpha value is -1.09. The van der Waals surface area contributed by atoms with E-state index >= 15 is 0 Å². The van der Waals surface area contributed by atoms with Crippen molar-refractivity contribution in [2.45, 2.75) is 25.7 Å². The third-order valence-electron chi connectivity index (χ3n) is 3.14. The third-order valence-corrected chi connectivity index (χ3v) is 3.66. The summed E-state index contributed by atoms with van der Waals surface area (Å²) < 4.78 is 3.19. The fourth-order valence-electron chi connectivity index (χ4n) is 2.30. The van der Waals surface area contributed by atoms with Crippen molar-refractivity contribution >= 4 is 15.9 Å². The Morgan fingerprint density at radius 1 is 1.06 bits per heavy atom. The topological polar surface area (TPSA) is 17.8 Å². The smallest absolute Gasteiger partial charge is 0.0649 e. The molecule has 0 saturated heterocycles. The van der Waals surface area contributed by atoms with Gasteiger partial charge in [0, 0.05) is 10.2 Å². The predicted molar refractivity (Wildman–Crippen MR) is 67.9 cm³/mol. The molecule has 2 aromatic rings. The van der Waals surface area contributed by atoms with E-state index in [1.165, 1.54) is 30.5 Å². The number of halogens is 1. The Morgan fingerprint density at radius 2 is 1.81 bits per heavy atom. The Balaban J connectivity index is 2.06. The van der Waals surface area contributed by atoms with Crippen LogP contribution < -0.4 is 0 Å². The van der Waals surface area contributed by atoms with E-state index in [1.807, 2.05) is 6.20 Å². The van der Waals surface area contributed by atoms with Gasteiger partial charge in [-0.3, -0.25) is 0 Å². The fourth-order valence-corrected chi connectivity index (χ4v) is 2.56. The van der Waals surface area contributed by atoms with Crippen molar-refractivity contribution in [1.29, 1.82) is 0 Å². The lowest BCUT2D eigenvalue weighted by Gasteiger charge is -2.13. The van der Waals surface area contributed by atoms with Crippen molar-refractivity contribution in [2.75, 3.05) is 0 Å². The van der Waals surface area contributed by atoms with Crippen molar-refractivity contribution in [2.24, 2.45) is 0 Å². The molecule has 0 atom stereocenters. The average Bonchev–Trinajstić information content (AvgIpc) is 2.74. The van der Waals surface area contributed by atoms with Crippen LogP contribution in [0.25, 0.3) is 5.69 Å². The van der Waals surface area contributed by atoms with E-state index in [2.05, 4.69) is 50.0 Å². The van der Waals surface area contributed by atoms with Crippen LogP contribution in [0.3, 0.4) is 0 Å². The van der Waals surface area contributed by atoms with Crippen molar-refractivity contribution in [3.63, 3.8) is 0 Å². The van der Waals surface area contributed by atoms with Gasteiger partial charge in [0.2, 0.25) is 0 Å².